The number of carbonyl (C=O) groups excluding carboxylic acids is 1. The van der Waals surface area contributed by atoms with Gasteiger partial charge in [0.2, 0.25) is 0 Å². The number of hydrogen-bond donors (Lipinski definition) is 0. The quantitative estimate of drug-likeness (QED) is 0.797. The normalized spacial score (nSPS) is 12.4. The van der Waals surface area contributed by atoms with Crippen molar-refractivity contribution >= 4 is 28.3 Å². The first kappa shape index (κ1) is 12.8. The fourth-order valence-electron chi connectivity index (χ4n) is 1.93. The highest BCUT2D eigenvalue weighted by Crippen LogP contribution is 2.17. The number of benzene rings is 1. The van der Waals surface area contributed by atoms with Gasteiger partial charge in [-0.1, -0.05) is 24.3 Å². The number of fused-ring (bicyclic) bond motifs is 1. The average molecular weight is 263 g/mol. The van der Waals surface area contributed by atoms with Crippen molar-refractivity contribution in [1.29, 1.82) is 0 Å². The Morgan fingerprint density at radius 1 is 1.39 bits per heavy atom. The van der Waals surface area contributed by atoms with E-state index in [1.807, 2.05) is 37.3 Å². The number of carbonyl (C=O) groups is 1. The average Bonchev–Trinajstić information content (AvgIpc) is 2.36. The summed E-state index contributed by atoms with van der Waals surface area (Å²) in [6.07, 6.45) is 1.66. The summed E-state index contributed by atoms with van der Waals surface area (Å²) in [5, 5.41) is 1.82. The lowest BCUT2D eigenvalue weighted by Crippen LogP contribution is -2.32. The van der Waals surface area contributed by atoms with Crippen molar-refractivity contribution in [2.45, 2.75) is 12.3 Å². The van der Waals surface area contributed by atoms with Crippen LogP contribution in [0.25, 0.3) is 10.8 Å². The van der Waals surface area contributed by atoms with Crippen LogP contribution in [0, 0.1) is 0 Å². The molecule has 18 heavy (non-hydrogen) atoms. The van der Waals surface area contributed by atoms with E-state index >= 15 is 0 Å². The molecule has 0 bridgehead atoms. The highest BCUT2D eigenvalue weighted by atomic mass is 35.5. The molecular weight excluding hydrogens is 248 g/mol. The second kappa shape index (κ2) is 5.36. The van der Waals surface area contributed by atoms with E-state index in [4.69, 9.17) is 11.6 Å². The van der Waals surface area contributed by atoms with Crippen molar-refractivity contribution in [3.8, 4) is 0 Å². The van der Waals surface area contributed by atoms with Gasteiger partial charge in [-0.3, -0.25) is 9.78 Å². The maximum atomic E-state index is 12.3. The third-order valence-electron chi connectivity index (χ3n) is 2.75. The monoisotopic (exact) mass is 262 g/mol. The third kappa shape index (κ3) is 2.62. The van der Waals surface area contributed by atoms with E-state index in [1.54, 1.807) is 18.1 Å². The van der Waals surface area contributed by atoms with Crippen LogP contribution in [0.2, 0.25) is 0 Å². The first-order valence-corrected chi connectivity index (χ1v) is 6.26. The number of alkyl halides is 1. The second-order valence-corrected chi connectivity index (χ2v) is 5.09. The predicted molar refractivity (Wildman–Crippen MR) is 74.0 cm³/mol. The zero-order valence-corrected chi connectivity index (χ0v) is 11.2. The van der Waals surface area contributed by atoms with Crippen molar-refractivity contribution in [2.75, 3.05) is 13.6 Å². The van der Waals surface area contributed by atoms with Gasteiger partial charge in [0.15, 0.2) is 0 Å². The Kier molecular flexibility index (Phi) is 3.82. The first-order chi connectivity index (χ1) is 8.59. The highest BCUT2D eigenvalue weighted by molar-refractivity contribution is 6.20. The Hall–Kier alpha value is -1.61. The maximum Gasteiger partial charge on any atom is 0.272 e. The molecule has 0 saturated heterocycles. The van der Waals surface area contributed by atoms with E-state index in [9.17, 15) is 4.79 Å². The minimum atomic E-state index is -0.0979. The van der Waals surface area contributed by atoms with Crippen LogP contribution in [0.15, 0.2) is 36.5 Å². The molecule has 0 aliphatic rings. The topological polar surface area (TPSA) is 33.2 Å². The van der Waals surface area contributed by atoms with Gasteiger partial charge in [0.05, 0.1) is 0 Å². The summed E-state index contributed by atoms with van der Waals surface area (Å²) in [5.41, 5.74) is 0.480. The van der Waals surface area contributed by atoms with Gasteiger partial charge in [-0.05, 0) is 18.4 Å². The summed E-state index contributed by atoms with van der Waals surface area (Å²) in [4.78, 5) is 18.1. The lowest BCUT2D eigenvalue weighted by Gasteiger charge is -2.18. The van der Waals surface area contributed by atoms with Gasteiger partial charge in [0, 0.05) is 30.6 Å². The molecule has 0 spiro atoms. The SMILES string of the molecule is CC(Cl)CN(C)C(=O)c1nccc2ccccc12. The highest BCUT2D eigenvalue weighted by Gasteiger charge is 2.17. The molecule has 0 N–H and O–H groups in total. The molecule has 3 nitrogen and oxygen atoms in total. The molecule has 1 heterocycles. The molecule has 2 aromatic rings. The predicted octanol–water partition coefficient (Wildman–Crippen LogP) is 2.93. The van der Waals surface area contributed by atoms with Crippen LogP contribution < -0.4 is 0 Å². The number of rotatable bonds is 3. The van der Waals surface area contributed by atoms with Gasteiger partial charge in [-0.2, -0.15) is 0 Å². The Morgan fingerprint density at radius 3 is 2.83 bits per heavy atom. The molecule has 0 fully saturated rings. The summed E-state index contributed by atoms with van der Waals surface area (Å²) < 4.78 is 0. The number of hydrogen-bond acceptors (Lipinski definition) is 2. The van der Waals surface area contributed by atoms with Crippen LogP contribution in [0.1, 0.15) is 17.4 Å². The van der Waals surface area contributed by atoms with Crippen LogP contribution in [-0.4, -0.2) is 34.8 Å². The van der Waals surface area contributed by atoms with Gasteiger partial charge in [-0.25, -0.2) is 0 Å². The Balaban J connectivity index is 2.39. The summed E-state index contributed by atoms with van der Waals surface area (Å²) in [7, 11) is 1.74. The minimum absolute atomic E-state index is 0.0751. The van der Waals surface area contributed by atoms with Crippen molar-refractivity contribution < 1.29 is 4.79 Å². The fourth-order valence-corrected chi connectivity index (χ4v) is 2.14. The molecule has 1 atom stereocenters. The van der Waals surface area contributed by atoms with Gasteiger partial charge in [0.1, 0.15) is 5.69 Å². The molecular formula is C14H15ClN2O. The Bertz CT molecular complexity index is 563. The van der Waals surface area contributed by atoms with E-state index in [2.05, 4.69) is 4.98 Å². The van der Waals surface area contributed by atoms with Crippen molar-refractivity contribution in [1.82, 2.24) is 9.88 Å². The Morgan fingerprint density at radius 2 is 2.11 bits per heavy atom. The van der Waals surface area contributed by atoms with E-state index in [0.29, 0.717) is 12.2 Å². The summed E-state index contributed by atoms with van der Waals surface area (Å²) in [5.74, 6) is -0.0979. The summed E-state index contributed by atoms with van der Waals surface area (Å²) in [6, 6.07) is 9.63. The van der Waals surface area contributed by atoms with Crippen LogP contribution in [0.4, 0.5) is 0 Å². The largest absolute Gasteiger partial charge is 0.339 e. The summed E-state index contributed by atoms with van der Waals surface area (Å²) >= 11 is 5.91. The van der Waals surface area contributed by atoms with Crippen LogP contribution >= 0.6 is 11.6 Å². The second-order valence-electron chi connectivity index (χ2n) is 4.35. The number of amides is 1. The molecule has 0 radical (unpaired) electrons. The molecule has 4 heteroatoms. The zero-order chi connectivity index (χ0) is 13.1. The molecule has 1 aromatic carbocycles. The smallest absolute Gasteiger partial charge is 0.272 e. The molecule has 94 valence electrons. The number of pyridine rings is 1. The molecule has 1 unspecified atom stereocenters. The van der Waals surface area contributed by atoms with E-state index in [-0.39, 0.29) is 11.3 Å². The minimum Gasteiger partial charge on any atom is -0.339 e. The number of aromatic nitrogens is 1. The lowest BCUT2D eigenvalue weighted by molar-refractivity contribution is 0.0792. The van der Waals surface area contributed by atoms with Crippen LogP contribution in [0.3, 0.4) is 0 Å². The fraction of sp³-hybridized carbons (Fsp3) is 0.286. The van der Waals surface area contributed by atoms with Crippen molar-refractivity contribution in [3.63, 3.8) is 0 Å². The Labute approximate surface area is 111 Å². The van der Waals surface area contributed by atoms with Gasteiger partial charge in [0.25, 0.3) is 5.91 Å². The van der Waals surface area contributed by atoms with E-state index in [0.717, 1.165) is 10.8 Å². The van der Waals surface area contributed by atoms with E-state index < -0.39 is 0 Å². The van der Waals surface area contributed by atoms with Crippen molar-refractivity contribution in [3.05, 3.63) is 42.2 Å². The molecule has 1 aromatic heterocycles. The standard InChI is InChI=1S/C14H15ClN2O/c1-10(15)9-17(2)14(18)13-12-6-4-3-5-11(12)7-8-16-13/h3-8,10H,9H2,1-2H3. The zero-order valence-electron chi connectivity index (χ0n) is 10.4. The molecule has 1 amide bonds. The molecule has 0 aliphatic heterocycles. The van der Waals surface area contributed by atoms with Gasteiger partial charge < -0.3 is 4.90 Å². The van der Waals surface area contributed by atoms with Crippen molar-refractivity contribution in [2.24, 2.45) is 0 Å². The molecule has 0 saturated carbocycles. The number of halogens is 1. The molecule has 0 aliphatic carbocycles. The molecule has 2 rings (SSSR count). The van der Waals surface area contributed by atoms with Gasteiger partial charge >= 0.3 is 0 Å². The van der Waals surface area contributed by atoms with Crippen LogP contribution in [0.5, 0.6) is 0 Å². The lowest BCUT2D eigenvalue weighted by atomic mass is 10.1. The summed E-state index contributed by atoms with van der Waals surface area (Å²) in [6.45, 7) is 2.37. The van der Waals surface area contributed by atoms with E-state index in [1.165, 1.54) is 0 Å². The van der Waals surface area contributed by atoms with Crippen LogP contribution in [-0.2, 0) is 0 Å². The van der Waals surface area contributed by atoms with Gasteiger partial charge in [-0.15, -0.1) is 11.6 Å². The third-order valence-corrected chi connectivity index (χ3v) is 2.89. The first-order valence-electron chi connectivity index (χ1n) is 5.83. The maximum absolute atomic E-state index is 12.3. The number of nitrogens with zero attached hydrogens (tertiary/aromatic N) is 2.